The highest BCUT2D eigenvalue weighted by Crippen LogP contribution is 2.65. The summed E-state index contributed by atoms with van der Waals surface area (Å²) in [5, 5.41) is 13.8. The largest absolute Gasteiger partial charge is 0.507 e. The van der Waals surface area contributed by atoms with Crippen LogP contribution in [0.4, 0.5) is 0 Å². The molecule has 0 saturated heterocycles. The third-order valence-electron chi connectivity index (χ3n) is 4.48. The molecule has 4 heteroatoms. The molecule has 4 nitrogen and oxygen atoms in total. The van der Waals surface area contributed by atoms with Crippen LogP contribution >= 0.6 is 0 Å². The van der Waals surface area contributed by atoms with Crippen LogP contribution in [0.15, 0.2) is 29.4 Å². The second kappa shape index (κ2) is 4.37. The number of aromatic hydroxyl groups is 1. The van der Waals surface area contributed by atoms with Gasteiger partial charge in [-0.25, -0.2) is 5.43 Å². The topological polar surface area (TPSA) is 61.7 Å². The van der Waals surface area contributed by atoms with Gasteiger partial charge in [0.15, 0.2) is 0 Å². The number of hydrazone groups is 1. The zero-order chi connectivity index (χ0) is 13.5. The van der Waals surface area contributed by atoms with E-state index >= 15 is 0 Å². The SMILES string of the molecule is CC(=NNC(=O)C1CC12CCC2)c1ccccc1O. The Hall–Kier alpha value is -1.84. The lowest BCUT2D eigenvalue weighted by Gasteiger charge is -2.25. The summed E-state index contributed by atoms with van der Waals surface area (Å²) in [4.78, 5) is 12.0. The van der Waals surface area contributed by atoms with Crippen molar-refractivity contribution in [1.29, 1.82) is 0 Å². The van der Waals surface area contributed by atoms with Crippen LogP contribution < -0.4 is 5.43 Å². The van der Waals surface area contributed by atoms with Gasteiger partial charge in [0.2, 0.25) is 5.91 Å². The fourth-order valence-electron chi connectivity index (χ4n) is 2.96. The number of nitrogens with zero attached hydrogens (tertiary/aromatic N) is 1. The van der Waals surface area contributed by atoms with Gasteiger partial charge in [-0.05, 0) is 43.7 Å². The van der Waals surface area contributed by atoms with Crippen molar-refractivity contribution in [3.63, 3.8) is 0 Å². The van der Waals surface area contributed by atoms with Crippen molar-refractivity contribution < 1.29 is 9.90 Å². The highest BCUT2D eigenvalue weighted by molar-refractivity contribution is 6.01. The van der Waals surface area contributed by atoms with Gasteiger partial charge in [-0.2, -0.15) is 5.10 Å². The maximum absolute atomic E-state index is 12.0. The van der Waals surface area contributed by atoms with Crippen molar-refractivity contribution in [2.75, 3.05) is 0 Å². The molecule has 1 unspecified atom stereocenters. The van der Waals surface area contributed by atoms with Crippen LogP contribution in [0.3, 0.4) is 0 Å². The molecule has 1 aromatic carbocycles. The summed E-state index contributed by atoms with van der Waals surface area (Å²) in [5.41, 5.74) is 4.22. The van der Waals surface area contributed by atoms with Crippen molar-refractivity contribution in [3.05, 3.63) is 29.8 Å². The number of hydrogen-bond donors (Lipinski definition) is 2. The lowest BCUT2D eigenvalue weighted by molar-refractivity contribution is -0.123. The number of phenolic OH excluding ortho intramolecular Hbond substituents is 1. The van der Waals surface area contributed by atoms with E-state index in [2.05, 4.69) is 10.5 Å². The lowest BCUT2D eigenvalue weighted by atomic mass is 9.80. The van der Waals surface area contributed by atoms with E-state index in [9.17, 15) is 9.90 Å². The van der Waals surface area contributed by atoms with Gasteiger partial charge in [0.25, 0.3) is 0 Å². The summed E-state index contributed by atoms with van der Waals surface area (Å²) < 4.78 is 0. The van der Waals surface area contributed by atoms with Gasteiger partial charge in [0.05, 0.1) is 5.71 Å². The summed E-state index contributed by atoms with van der Waals surface area (Å²) in [5.74, 6) is 0.358. The average Bonchev–Trinajstić information content (AvgIpc) is 3.12. The van der Waals surface area contributed by atoms with Crippen LogP contribution in [0, 0.1) is 11.3 Å². The van der Waals surface area contributed by atoms with Crippen LogP contribution in [0.1, 0.15) is 38.2 Å². The number of carbonyl (C=O) groups excluding carboxylic acids is 1. The van der Waals surface area contributed by atoms with E-state index < -0.39 is 0 Å². The Bertz CT molecular complexity index is 547. The molecule has 1 aromatic rings. The Morgan fingerprint density at radius 3 is 2.74 bits per heavy atom. The Labute approximate surface area is 112 Å². The minimum Gasteiger partial charge on any atom is -0.507 e. The van der Waals surface area contributed by atoms with Crippen molar-refractivity contribution in [2.24, 2.45) is 16.4 Å². The standard InChI is InChI=1S/C15H18N2O2/c1-10(11-5-2-3-6-13(11)18)16-17-14(19)12-9-15(12)7-4-8-15/h2-3,5-6,12,18H,4,7-9H2,1H3,(H,17,19). The van der Waals surface area contributed by atoms with Crippen LogP contribution in [-0.2, 0) is 4.79 Å². The molecule has 3 rings (SSSR count). The summed E-state index contributed by atoms with van der Waals surface area (Å²) >= 11 is 0. The van der Waals surface area contributed by atoms with E-state index in [1.54, 1.807) is 25.1 Å². The minimum absolute atomic E-state index is 0.0227. The maximum Gasteiger partial charge on any atom is 0.243 e. The predicted molar refractivity (Wildman–Crippen MR) is 72.9 cm³/mol. The molecule has 0 bridgehead atoms. The molecule has 1 atom stereocenters. The molecule has 2 aliphatic rings. The zero-order valence-corrected chi connectivity index (χ0v) is 11.0. The molecule has 0 aliphatic heterocycles. The number of hydrogen-bond acceptors (Lipinski definition) is 3. The molecule has 1 spiro atoms. The lowest BCUT2D eigenvalue weighted by Crippen LogP contribution is -2.26. The number of phenols is 1. The summed E-state index contributed by atoms with van der Waals surface area (Å²) in [6, 6.07) is 6.99. The second-order valence-corrected chi connectivity index (χ2v) is 5.66. The number of carbonyl (C=O) groups is 1. The van der Waals surface area contributed by atoms with Gasteiger partial charge in [0.1, 0.15) is 5.75 Å². The van der Waals surface area contributed by atoms with E-state index in [0.29, 0.717) is 16.7 Å². The monoisotopic (exact) mass is 258 g/mol. The van der Waals surface area contributed by atoms with Crippen molar-refractivity contribution >= 4 is 11.6 Å². The number of benzene rings is 1. The highest BCUT2D eigenvalue weighted by atomic mass is 16.3. The third-order valence-corrected chi connectivity index (χ3v) is 4.48. The van der Waals surface area contributed by atoms with Crippen LogP contribution in [0.2, 0.25) is 0 Å². The van der Waals surface area contributed by atoms with Crippen molar-refractivity contribution in [3.8, 4) is 5.75 Å². The number of para-hydroxylation sites is 1. The molecule has 0 aromatic heterocycles. The molecule has 2 N–H and O–H groups in total. The smallest absolute Gasteiger partial charge is 0.243 e. The van der Waals surface area contributed by atoms with Gasteiger partial charge in [0, 0.05) is 11.5 Å². The van der Waals surface area contributed by atoms with Gasteiger partial charge >= 0.3 is 0 Å². The molecule has 2 fully saturated rings. The first-order valence-corrected chi connectivity index (χ1v) is 6.75. The van der Waals surface area contributed by atoms with E-state index in [4.69, 9.17) is 0 Å². The normalized spacial score (nSPS) is 23.8. The molecule has 100 valence electrons. The van der Waals surface area contributed by atoms with E-state index in [-0.39, 0.29) is 17.6 Å². The Balaban J connectivity index is 1.63. The molecule has 1 amide bonds. The number of rotatable bonds is 3. The summed E-state index contributed by atoms with van der Waals surface area (Å²) in [6.45, 7) is 1.78. The Morgan fingerprint density at radius 1 is 1.42 bits per heavy atom. The molecule has 0 radical (unpaired) electrons. The van der Waals surface area contributed by atoms with Gasteiger partial charge in [-0.3, -0.25) is 4.79 Å². The molecular formula is C15H18N2O2. The van der Waals surface area contributed by atoms with E-state index in [1.807, 2.05) is 6.07 Å². The van der Waals surface area contributed by atoms with Gasteiger partial charge in [-0.1, -0.05) is 18.6 Å². The highest BCUT2D eigenvalue weighted by Gasteiger charge is 2.60. The Kier molecular flexibility index (Phi) is 2.81. The van der Waals surface area contributed by atoms with E-state index in [0.717, 1.165) is 6.42 Å². The van der Waals surface area contributed by atoms with Crippen LogP contribution in [-0.4, -0.2) is 16.7 Å². The summed E-state index contributed by atoms with van der Waals surface area (Å²) in [7, 11) is 0. The molecule has 19 heavy (non-hydrogen) atoms. The van der Waals surface area contributed by atoms with Crippen LogP contribution in [0.5, 0.6) is 5.75 Å². The number of nitrogens with one attached hydrogen (secondary N) is 1. The average molecular weight is 258 g/mol. The maximum atomic E-state index is 12.0. The third kappa shape index (κ3) is 2.11. The fraction of sp³-hybridized carbons (Fsp3) is 0.467. The number of amides is 1. The summed E-state index contributed by atoms with van der Waals surface area (Å²) in [6.07, 6.45) is 4.65. The fourth-order valence-corrected chi connectivity index (χ4v) is 2.96. The predicted octanol–water partition coefficient (Wildman–Crippen LogP) is 2.42. The van der Waals surface area contributed by atoms with Crippen LogP contribution in [0.25, 0.3) is 0 Å². The van der Waals surface area contributed by atoms with E-state index in [1.165, 1.54) is 19.3 Å². The first-order valence-electron chi connectivity index (χ1n) is 6.75. The van der Waals surface area contributed by atoms with Crippen molar-refractivity contribution in [2.45, 2.75) is 32.6 Å². The molecule has 2 aliphatic carbocycles. The van der Waals surface area contributed by atoms with Gasteiger partial charge < -0.3 is 5.11 Å². The quantitative estimate of drug-likeness (QED) is 0.646. The molecular weight excluding hydrogens is 240 g/mol. The first kappa shape index (κ1) is 12.2. The Morgan fingerprint density at radius 2 is 2.16 bits per heavy atom. The van der Waals surface area contributed by atoms with Crippen molar-refractivity contribution in [1.82, 2.24) is 5.43 Å². The first-order chi connectivity index (χ1) is 9.12. The molecule has 2 saturated carbocycles. The molecule has 0 heterocycles. The second-order valence-electron chi connectivity index (χ2n) is 5.66. The minimum atomic E-state index is 0.0227. The zero-order valence-electron chi connectivity index (χ0n) is 11.0. The van der Waals surface area contributed by atoms with Gasteiger partial charge in [-0.15, -0.1) is 0 Å².